The molecule has 7 heteroatoms. The Balaban J connectivity index is 2.14. The van der Waals surface area contributed by atoms with Crippen molar-refractivity contribution in [3.63, 3.8) is 0 Å². The number of hydrogen-bond acceptors (Lipinski definition) is 3. The highest BCUT2D eigenvalue weighted by molar-refractivity contribution is 7.89. The van der Waals surface area contributed by atoms with E-state index < -0.39 is 10.0 Å². The molecule has 0 saturated heterocycles. The molecule has 0 bridgehead atoms. The van der Waals surface area contributed by atoms with Crippen molar-refractivity contribution in [2.24, 2.45) is 0 Å². The van der Waals surface area contributed by atoms with Crippen LogP contribution < -0.4 is 9.62 Å². The maximum Gasteiger partial charge on any atom is 0.242 e. The van der Waals surface area contributed by atoms with Gasteiger partial charge in [0.2, 0.25) is 10.0 Å². The predicted octanol–water partition coefficient (Wildman–Crippen LogP) is 3.54. The molecule has 2 aromatic carbocycles. The number of rotatable bonds is 5. The molecule has 0 aliphatic heterocycles. The zero-order valence-electron chi connectivity index (χ0n) is 12.2. The lowest BCUT2D eigenvalue weighted by molar-refractivity contribution is 0.581. The van der Waals surface area contributed by atoms with Crippen LogP contribution in [-0.2, 0) is 16.6 Å². The first-order valence-electron chi connectivity index (χ1n) is 6.51. The van der Waals surface area contributed by atoms with Crippen molar-refractivity contribution < 1.29 is 8.42 Å². The highest BCUT2D eigenvalue weighted by atomic mass is 35.5. The molecule has 1 N–H and O–H groups in total. The summed E-state index contributed by atoms with van der Waals surface area (Å²) < 4.78 is 27.1. The van der Waals surface area contributed by atoms with Crippen molar-refractivity contribution in [2.75, 3.05) is 19.0 Å². The normalized spacial score (nSPS) is 11.5. The van der Waals surface area contributed by atoms with Crippen LogP contribution in [0.2, 0.25) is 10.0 Å². The monoisotopic (exact) mass is 358 g/mol. The lowest BCUT2D eigenvalue weighted by atomic mass is 10.2. The van der Waals surface area contributed by atoms with Crippen LogP contribution in [-0.4, -0.2) is 22.5 Å². The van der Waals surface area contributed by atoms with Gasteiger partial charge in [0.05, 0.1) is 10.0 Å². The van der Waals surface area contributed by atoms with E-state index in [2.05, 4.69) is 4.72 Å². The fraction of sp³-hybridized carbons (Fsp3) is 0.200. The number of sulfonamides is 1. The molecule has 0 amide bonds. The summed E-state index contributed by atoms with van der Waals surface area (Å²) in [5.74, 6) is 0. The number of nitrogens with one attached hydrogen (secondary N) is 1. The maximum absolute atomic E-state index is 12.3. The number of hydrogen-bond donors (Lipinski definition) is 1. The van der Waals surface area contributed by atoms with Crippen LogP contribution >= 0.6 is 23.2 Å². The largest absolute Gasteiger partial charge is 0.378 e. The molecule has 0 radical (unpaired) electrons. The minimum absolute atomic E-state index is 0.0217. The average Bonchev–Trinajstić information content (AvgIpc) is 2.48. The van der Waals surface area contributed by atoms with Gasteiger partial charge in [-0.2, -0.15) is 0 Å². The molecule has 0 aliphatic rings. The predicted molar refractivity (Wildman–Crippen MR) is 91.3 cm³/mol. The van der Waals surface area contributed by atoms with E-state index in [1.807, 2.05) is 43.3 Å². The highest BCUT2D eigenvalue weighted by Crippen LogP contribution is 2.28. The SMILES string of the molecule is CN(C)c1ccc(CNS(=O)(=O)c2cccc(Cl)c2Cl)cc1. The second-order valence-electron chi connectivity index (χ2n) is 4.94. The smallest absolute Gasteiger partial charge is 0.242 e. The van der Waals surface area contributed by atoms with Gasteiger partial charge in [0.15, 0.2) is 0 Å². The van der Waals surface area contributed by atoms with E-state index in [9.17, 15) is 8.42 Å². The molecule has 118 valence electrons. The Labute approximate surface area is 140 Å². The Bertz CT molecular complexity index is 760. The number of halogens is 2. The van der Waals surface area contributed by atoms with Gasteiger partial charge in [0, 0.05) is 26.3 Å². The summed E-state index contributed by atoms with van der Waals surface area (Å²) in [6.07, 6.45) is 0. The molecular formula is C15H16Cl2N2O2S. The highest BCUT2D eigenvalue weighted by Gasteiger charge is 2.19. The van der Waals surface area contributed by atoms with Gasteiger partial charge in [0.25, 0.3) is 0 Å². The van der Waals surface area contributed by atoms with Gasteiger partial charge in [-0.25, -0.2) is 13.1 Å². The Morgan fingerprint density at radius 3 is 2.27 bits per heavy atom. The second kappa shape index (κ2) is 6.87. The van der Waals surface area contributed by atoms with Crippen LogP contribution in [0.5, 0.6) is 0 Å². The van der Waals surface area contributed by atoms with Gasteiger partial charge in [-0.1, -0.05) is 41.4 Å². The van der Waals surface area contributed by atoms with Crippen LogP contribution in [0.25, 0.3) is 0 Å². The van der Waals surface area contributed by atoms with Crippen molar-refractivity contribution in [1.29, 1.82) is 0 Å². The molecule has 0 atom stereocenters. The summed E-state index contributed by atoms with van der Waals surface area (Å²) in [6.45, 7) is 0.179. The molecule has 0 aliphatic carbocycles. The molecule has 0 aromatic heterocycles. The molecular weight excluding hydrogens is 343 g/mol. The van der Waals surface area contributed by atoms with Crippen molar-refractivity contribution in [1.82, 2.24) is 4.72 Å². The Hall–Kier alpha value is -1.27. The molecule has 0 saturated carbocycles. The third-order valence-electron chi connectivity index (χ3n) is 3.12. The van der Waals surface area contributed by atoms with Gasteiger partial charge < -0.3 is 4.90 Å². The van der Waals surface area contributed by atoms with E-state index in [1.165, 1.54) is 6.07 Å². The standard InChI is InChI=1S/C15H16Cl2N2O2S/c1-19(2)12-8-6-11(7-9-12)10-18-22(20,21)14-5-3-4-13(16)15(14)17/h3-9,18H,10H2,1-2H3. The number of benzene rings is 2. The van der Waals surface area contributed by atoms with Crippen molar-refractivity contribution >= 4 is 38.9 Å². The van der Waals surface area contributed by atoms with Gasteiger partial charge >= 0.3 is 0 Å². The van der Waals surface area contributed by atoms with Crippen molar-refractivity contribution in [3.8, 4) is 0 Å². The Kier molecular flexibility index (Phi) is 5.34. The summed E-state index contributed by atoms with van der Waals surface area (Å²) in [5.41, 5.74) is 1.90. The molecule has 0 unspecified atom stereocenters. The third-order valence-corrected chi connectivity index (χ3v) is 5.50. The Morgan fingerprint density at radius 2 is 1.68 bits per heavy atom. The zero-order valence-corrected chi connectivity index (χ0v) is 14.5. The van der Waals surface area contributed by atoms with Crippen LogP contribution in [0.3, 0.4) is 0 Å². The Morgan fingerprint density at radius 1 is 1.05 bits per heavy atom. The molecule has 0 fully saturated rings. The minimum atomic E-state index is -3.71. The van der Waals surface area contributed by atoms with Gasteiger partial charge in [-0.15, -0.1) is 0 Å². The average molecular weight is 359 g/mol. The minimum Gasteiger partial charge on any atom is -0.378 e. The summed E-state index contributed by atoms with van der Waals surface area (Å²) in [7, 11) is 0.172. The van der Waals surface area contributed by atoms with Crippen LogP contribution in [0.15, 0.2) is 47.4 Å². The summed E-state index contributed by atoms with van der Waals surface area (Å²) in [5, 5.41) is 0.236. The van der Waals surface area contributed by atoms with E-state index >= 15 is 0 Å². The van der Waals surface area contributed by atoms with Crippen LogP contribution in [0.4, 0.5) is 5.69 Å². The molecule has 0 spiro atoms. The molecule has 2 aromatic rings. The molecule has 2 rings (SSSR count). The van der Waals surface area contributed by atoms with Crippen molar-refractivity contribution in [3.05, 3.63) is 58.1 Å². The van der Waals surface area contributed by atoms with E-state index in [4.69, 9.17) is 23.2 Å². The fourth-order valence-electron chi connectivity index (χ4n) is 1.86. The maximum atomic E-state index is 12.3. The molecule has 4 nitrogen and oxygen atoms in total. The second-order valence-corrected chi connectivity index (χ2v) is 7.46. The van der Waals surface area contributed by atoms with Crippen LogP contribution in [0.1, 0.15) is 5.56 Å². The van der Waals surface area contributed by atoms with Crippen LogP contribution in [0, 0.1) is 0 Å². The fourth-order valence-corrected chi connectivity index (χ4v) is 3.64. The quantitative estimate of drug-likeness (QED) is 0.889. The topological polar surface area (TPSA) is 49.4 Å². The number of nitrogens with zero attached hydrogens (tertiary/aromatic N) is 1. The van der Waals surface area contributed by atoms with E-state index in [1.54, 1.807) is 12.1 Å². The summed E-state index contributed by atoms with van der Waals surface area (Å²) in [4.78, 5) is 1.95. The van der Waals surface area contributed by atoms with E-state index in [0.29, 0.717) is 0 Å². The molecule has 0 heterocycles. The van der Waals surface area contributed by atoms with E-state index in [0.717, 1.165) is 11.3 Å². The lowest BCUT2D eigenvalue weighted by Gasteiger charge is -2.13. The first kappa shape index (κ1) is 17.1. The first-order valence-corrected chi connectivity index (χ1v) is 8.75. The number of anilines is 1. The summed E-state index contributed by atoms with van der Waals surface area (Å²) in [6, 6.07) is 12.1. The van der Waals surface area contributed by atoms with Gasteiger partial charge in [0.1, 0.15) is 4.90 Å². The van der Waals surface area contributed by atoms with Gasteiger partial charge in [-0.05, 0) is 29.8 Å². The zero-order chi connectivity index (χ0) is 16.3. The molecule has 22 heavy (non-hydrogen) atoms. The van der Waals surface area contributed by atoms with E-state index in [-0.39, 0.29) is 21.5 Å². The lowest BCUT2D eigenvalue weighted by Crippen LogP contribution is -2.23. The third kappa shape index (κ3) is 3.93. The van der Waals surface area contributed by atoms with Gasteiger partial charge in [-0.3, -0.25) is 0 Å². The summed E-state index contributed by atoms with van der Waals surface area (Å²) >= 11 is 11.8. The first-order chi connectivity index (χ1) is 10.3. The van der Waals surface area contributed by atoms with Crippen molar-refractivity contribution in [2.45, 2.75) is 11.4 Å².